The summed E-state index contributed by atoms with van der Waals surface area (Å²) in [5.41, 5.74) is 1.24. The van der Waals surface area contributed by atoms with E-state index in [1.54, 1.807) is 25.3 Å². The number of hydrogen-bond donors (Lipinski definition) is 3. The third kappa shape index (κ3) is 6.18. The van der Waals surface area contributed by atoms with Gasteiger partial charge >= 0.3 is 0 Å². The van der Waals surface area contributed by atoms with E-state index in [1.165, 1.54) is 6.42 Å². The number of ether oxygens (including phenoxy) is 1. The number of hydrogen-bond acceptors (Lipinski definition) is 4. The Balaban J connectivity index is 0.00000338. The molecule has 1 atom stereocenters. The quantitative estimate of drug-likeness (QED) is 0.674. The smallest absolute Gasteiger partial charge is 0.228 e. The predicted molar refractivity (Wildman–Crippen MR) is 107 cm³/mol. The van der Waals surface area contributed by atoms with E-state index >= 15 is 0 Å². The second-order valence-corrected chi connectivity index (χ2v) is 6.69. The summed E-state index contributed by atoms with van der Waals surface area (Å²) in [6.45, 7) is 2.47. The van der Waals surface area contributed by atoms with Crippen molar-refractivity contribution in [1.82, 2.24) is 5.32 Å². The molecule has 2 amide bonds. The molecular formula is C19H30ClN3O3. The second kappa shape index (κ2) is 11.0. The lowest BCUT2D eigenvalue weighted by Crippen LogP contribution is -2.28. The van der Waals surface area contributed by atoms with Crippen LogP contribution in [0.2, 0.25) is 0 Å². The highest BCUT2D eigenvalue weighted by Gasteiger charge is 2.22. The Labute approximate surface area is 161 Å². The van der Waals surface area contributed by atoms with Crippen LogP contribution in [0.15, 0.2) is 18.2 Å². The summed E-state index contributed by atoms with van der Waals surface area (Å²) in [6.07, 6.45) is 5.29. The van der Waals surface area contributed by atoms with Gasteiger partial charge in [-0.25, -0.2) is 0 Å². The Morgan fingerprint density at radius 2 is 1.88 bits per heavy atom. The van der Waals surface area contributed by atoms with Crippen LogP contribution < -0.4 is 20.7 Å². The first kappa shape index (κ1) is 22.3. The molecule has 1 saturated carbocycles. The molecule has 0 bridgehead atoms. The van der Waals surface area contributed by atoms with Gasteiger partial charge in [0.2, 0.25) is 11.8 Å². The predicted octanol–water partition coefficient (Wildman–Crippen LogP) is 3.43. The van der Waals surface area contributed by atoms with Gasteiger partial charge in [0.15, 0.2) is 0 Å². The van der Waals surface area contributed by atoms with Crippen molar-refractivity contribution in [3.63, 3.8) is 0 Å². The Morgan fingerprint density at radius 3 is 2.50 bits per heavy atom. The van der Waals surface area contributed by atoms with Gasteiger partial charge in [0.1, 0.15) is 5.75 Å². The van der Waals surface area contributed by atoms with E-state index in [-0.39, 0.29) is 36.1 Å². The lowest BCUT2D eigenvalue weighted by Gasteiger charge is -2.21. The average molecular weight is 384 g/mol. The fraction of sp³-hybridized carbons (Fsp3) is 0.579. The fourth-order valence-electron chi connectivity index (χ4n) is 3.15. The van der Waals surface area contributed by atoms with Gasteiger partial charge in [-0.2, -0.15) is 0 Å². The third-order valence-corrected chi connectivity index (χ3v) is 4.66. The number of benzene rings is 1. The number of halogens is 1. The van der Waals surface area contributed by atoms with Crippen molar-refractivity contribution in [2.24, 2.45) is 11.8 Å². The zero-order valence-electron chi connectivity index (χ0n) is 15.8. The molecule has 0 heterocycles. The van der Waals surface area contributed by atoms with Crippen LogP contribution in [0.5, 0.6) is 5.75 Å². The van der Waals surface area contributed by atoms with Crippen LogP contribution in [0.4, 0.5) is 11.4 Å². The highest BCUT2D eigenvalue weighted by molar-refractivity contribution is 5.97. The van der Waals surface area contributed by atoms with E-state index < -0.39 is 0 Å². The van der Waals surface area contributed by atoms with Crippen molar-refractivity contribution < 1.29 is 14.3 Å². The molecule has 6 nitrogen and oxygen atoms in total. The average Bonchev–Trinajstić information content (AvgIpc) is 2.63. The van der Waals surface area contributed by atoms with Gasteiger partial charge in [0.25, 0.3) is 0 Å². The van der Waals surface area contributed by atoms with Gasteiger partial charge in [-0.05, 0) is 38.1 Å². The summed E-state index contributed by atoms with van der Waals surface area (Å²) >= 11 is 0. The van der Waals surface area contributed by atoms with Gasteiger partial charge in [0, 0.05) is 24.1 Å². The Morgan fingerprint density at radius 1 is 1.19 bits per heavy atom. The SMILES string of the molecule is CNCC(C)C(=O)Nc1ccc(OC)c(NC(=O)C2CCCCC2)c1.Cl. The minimum absolute atomic E-state index is 0. The minimum atomic E-state index is -0.146. The lowest BCUT2D eigenvalue weighted by molar-refractivity contribution is -0.121. The maximum atomic E-state index is 12.5. The summed E-state index contributed by atoms with van der Waals surface area (Å²) in [4.78, 5) is 24.7. The zero-order chi connectivity index (χ0) is 18.2. The third-order valence-electron chi connectivity index (χ3n) is 4.66. The van der Waals surface area contributed by atoms with Gasteiger partial charge in [-0.3, -0.25) is 9.59 Å². The molecule has 1 aromatic carbocycles. The highest BCUT2D eigenvalue weighted by atomic mass is 35.5. The molecule has 3 N–H and O–H groups in total. The molecular weight excluding hydrogens is 354 g/mol. The number of anilines is 2. The molecule has 0 spiro atoms. The summed E-state index contributed by atoms with van der Waals surface area (Å²) < 4.78 is 5.34. The first-order valence-electron chi connectivity index (χ1n) is 8.99. The topological polar surface area (TPSA) is 79.5 Å². The number of methoxy groups -OCH3 is 1. The van der Waals surface area contributed by atoms with Crippen molar-refractivity contribution in [3.8, 4) is 5.75 Å². The molecule has 7 heteroatoms. The summed E-state index contributed by atoms with van der Waals surface area (Å²) in [7, 11) is 3.38. The molecule has 2 rings (SSSR count). The molecule has 0 saturated heterocycles. The van der Waals surface area contributed by atoms with Gasteiger partial charge in [-0.1, -0.05) is 26.2 Å². The van der Waals surface area contributed by atoms with Crippen LogP contribution >= 0.6 is 12.4 Å². The van der Waals surface area contributed by atoms with Crippen LogP contribution in [0.3, 0.4) is 0 Å². The molecule has 1 aromatic rings. The van der Waals surface area contributed by atoms with Crippen molar-refractivity contribution in [3.05, 3.63) is 18.2 Å². The Bertz CT molecular complexity index is 604. The first-order valence-corrected chi connectivity index (χ1v) is 8.99. The van der Waals surface area contributed by atoms with Crippen molar-refractivity contribution in [2.75, 3.05) is 31.3 Å². The molecule has 1 unspecified atom stereocenters. The van der Waals surface area contributed by atoms with E-state index in [4.69, 9.17) is 4.74 Å². The number of carbonyl (C=O) groups is 2. The van der Waals surface area contributed by atoms with Crippen LogP contribution in [0, 0.1) is 11.8 Å². The van der Waals surface area contributed by atoms with Crippen LogP contribution in [-0.2, 0) is 9.59 Å². The summed E-state index contributed by atoms with van der Waals surface area (Å²) in [5.74, 6) is 0.472. The first-order chi connectivity index (χ1) is 12.0. The molecule has 1 aliphatic carbocycles. The number of rotatable bonds is 7. The Kier molecular flexibility index (Phi) is 9.44. The Hall–Kier alpha value is -1.79. The lowest BCUT2D eigenvalue weighted by atomic mass is 9.88. The van der Waals surface area contributed by atoms with Crippen molar-refractivity contribution in [2.45, 2.75) is 39.0 Å². The molecule has 0 radical (unpaired) electrons. The van der Waals surface area contributed by atoms with E-state index in [2.05, 4.69) is 16.0 Å². The van der Waals surface area contributed by atoms with Gasteiger partial charge < -0.3 is 20.7 Å². The number of carbonyl (C=O) groups excluding carboxylic acids is 2. The zero-order valence-corrected chi connectivity index (χ0v) is 16.6. The standard InChI is InChI=1S/C19H29N3O3.ClH/c1-13(12-20-2)18(23)21-15-9-10-17(25-3)16(11-15)22-19(24)14-7-5-4-6-8-14;/h9-11,13-14,20H,4-8,12H2,1-3H3,(H,21,23)(H,22,24);1H. The summed E-state index contributed by atoms with van der Waals surface area (Å²) in [5, 5.41) is 8.85. The van der Waals surface area contributed by atoms with Crippen LogP contribution in [0.1, 0.15) is 39.0 Å². The van der Waals surface area contributed by atoms with E-state index in [1.807, 2.05) is 14.0 Å². The van der Waals surface area contributed by atoms with Crippen LogP contribution in [0.25, 0.3) is 0 Å². The molecule has 1 fully saturated rings. The van der Waals surface area contributed by atoms with E-state index in [0.29, 0.717) is 23.7 Å². The minimum Gasteiger partial charge on any atom is -0.495 e. The van der Waals surface area contributed by atoms with Gasteiger partial charge in [-0.15, -0.1) is 12.4 Å². The maximum Gasteiger partial charge on any atom is 0.228 e. The van der Waals surface area contributed by atoms with Crippen molar-refractivity contribution in [1.29, 1.82) is 0 Å². The van der Waals surface area contributed by atoms with E-state index in [9.17, 15) is 9.59 Å². The largest absolute Gasteiger partial charge is 0.495 e. The monoisotopic (exact) mass is 383 g/mol. The van der Waals surface area contributed by atoms with Gasteiger partial charge in [0.05, 0.1) is 12.8 Å². The molecule has 146 valence electrons. The summed E-state index contributed by atoms with van der Waals surface area (Å²) in [6, 6.07) is 5.29. The van der Waals surface area contributed by atoms with E-state index in [0.717, 1.165) is 25.7 Å². The molecule has 1 aliphatic rings. The van der Waals surface area contributed by atoms with Crippen molar-refractivity contribution >= 4 is 35.6 Å². The molecule has 0 aromatic heterocycles. The second-order valence-electron chi connectivity index (χ2n) is 6.69. The highest BCUT2D eigenvalue weighted by Crippen LogP contribution is 2.30. The fourth-order valence-corrected chi connectivity index (χ4v) is 3.15. The molecule has 26 heavy (non-hydrogen) atoms. The number of amides is 2. The normalized spacial score (nSPS) is 15.5. The maximum absolute atomic E-state index is 12.5. The van der Waals surface area contributed by atoms with Crippen LogP contribution in [-0.4, -0.2) is 32.5 Å². The number of nitrogens with one attached hydrogen (secondary N) is 3. The molecule has 0 aliphatic heterocycles.